The van der Waals surface area contributed by atoms with Gasteiger partial charge in [-0.25, -0.2) is 4.39 Å². The summed E-state index contributed by atoms with van der Waals surface area (Å²) < 4.78 is 57.4. The van der Waals surface area contributed by atoms with Crippen molar-refractivity contribution in [1.82, 2.24) is 0 Å². The highest BCUT2D eigenvalue weighted by molar-refractivity contribution is 7.86. The van der Waals surface area contributed by atoms with Gasteiger partial charge in [-0.05, 0) is 0 Å². The minimum atomic E-state index is -4.28. The van der Waals surface area contributed by atoms with Crippen LogP contribution in [0.2, 0.25) is 0 Å². The van der Waals surface area contributed by atoms with Crippen molar-refractivity contribution in [2.75, 3.05) is 12.9 Å². The molecule has 0 aliphatic carbocycles. The number of alkyl halides is 3. The molecule has 0 N–H and O–H groups in total. The van der Waals surface area contributed by atoms with Crippen LogP contribution in [0.25, 0.3) is 0 Å². The molecule has 0 spiro atoms. The summed E-state index contributed by atoms with van der Waals surface area (Å²) in [6.45, 7) is -2.15. The molecule has 7 heteroatoms. The van der Waals surface area contributed by atoms with Gasteiger partial charge in [0.15, 0.2) is 6.67 Å². The number of rotatable bonds is 3. The van der Waals surface area contributed by atoms with Crippen LogP contribution in [0, 0.1) is 0 Å². The molecule has 3 nitrogen and oxygen atoms in total. The Labute approximate surface area is 55.9 Å². The third-order valence-corrected chi connectivity index (χ3v) is 0.975. The second-order valence-electron chi connectivity index (χ2n) is 1.56. The lowest BCUT2D eigenvalue weighted by atomic mass is 10.7. The van der Waals surface area contributed by atoms with Crippen LogP contribution in [-0.4, -0.2) is 27.5 Å². The summed E-state index contributed by atoms with van der Waals surface area (Å²) in [6.07, 6.45) is -3.82. The topological polar surface area (TPSA) is 43.4 Å². The smallest absolute Gasteiger partial charge is 0.241 e. The largest absolute Gasteiger partial charge is 0.397 e. The minimum absolute atomic E-state index is 0.413. The first-order chi connectivity index (χ1) is 4.27. The van der Waals surface area contributed by atoms with Crippen LogP contribution in [-0.2, 0) is 14.3 Å². The van der Waals surface area contributed by atoms with Gasteiger partial charge in [0.2, 0.25) is 0 Å². The highest BCUT2D eigenvalue weighted by Crippen LogP contribution is 2.17. The molecule has 0 aliphatic rings. The van der Waals surface area contributed by atoms with Gasteiger partial charge in [0, 0.05) is 0 Å². The maximum atomic E-state index is 11.7. The van der Waals surface area contributed by atoms with E-state index in [0.29, 0.717) is 6.26 Å². The Balaban J connectivity index is 4.16. The summed E-state index contributed by atoms with van der Waals surface area (Å²) in [4.78, 5) is 0. The van der Waals surface area contributed by atoms with Gasteiger partial charge >= 0.3 is 6.11 Å². The van der Waals surface area contributed by atoms with E-state index in [1.165, 1.54) is 0 Å². The van der Waals surface area contributed by atoms with Crippen molar-refractivity contribution in [1.29, 1.82) is 0 Å². The van der Waals surface area contributed by atoms with Crippen LogP contribution in [0.4, 0.5) is 13.2 Å². The van der Waals surface area contributed by atoms with Gasteiger partial charge in [0.25, 0.3) is 10.1 Å². The van der Waals surface area contributed by atoms with Gasteiger partial charge in [-0.3, -0.25) is 0 Å². The molecular weight excluding hydrogens is 173 g/mol. The van der Waals surface area contributed by atoms with Gasteiger partial charge in [0.05, 0.1) is 6.26 Å². The van der Waals surface area contributed by atoms with Crippen molar-refractivity contribution >= 4 is 10.1 Å². The number of hydrogen-bond donors (Lipinski definition) is 0. The molecule has 0 fully saturated rings. The summed E-state index contributed by atoms with van der Waals surface area (Å²) in [5, 5.41) is 0. The first kappa shape index (κ1) is 9.70. The maximum Gasteiger partial charge on any atom is 0.397 e. The summed E-state index contributed by atoms with van der Waals surface area (Å²) >= 11 is 0. The first-order valence-corrected chi connectivity index (χ1v) is 3.93. The SMILES string of the molecule is CS(=O)(=O)OC(F)(F)CF. The molecule has 0 aliphatic heterocycles. The minimum Gasteiger partial charge on any atom is -0.241 e. The number of halogens is 3. The molecule has 0 rings (SSSR count). The molecule has 0 saturated carbocycles. The predicted octanol–water partition coefficient (Wildman–Crippen LogP) is 0.525. The fourth-order valence-electron chi connectivity index (χ4n) is 0.244. The van der Waals surface area contributed by atoms with Gasteiger partial charge < -0.3 is 0 Å². The Morgan fingerprint density at radius 1 is 1.50 bits per heavy atom. The molecule has 0 bridgehead atoms. The average molecular weight is 178 g/mol. The summed E-state index contributed by atoms with van der Waals surface area (Å²) in [7, 11) is -4.28. The van der Waals surface area contributed by atoms with Crippen molar-refractivity contribution < 1.29 is 25.8 Å². The van der Waals surface area contributed by atoms with E-state index in [0.717, 1.165) is 0 Å². The van der Waals surface area contributed by atoms with Crippen molar-refractivity contribution in [3.8, 4) is 0 Å². The van der Waals surface area contributed by atoms with Crippen LogP contribution < -0.4 is 0 Å². The Hall–Kier alpha value is -0.300. The molecule has 0 aromatic heterocycles. The quantitative estimate of drug-likeness (QED) is 0.592. The van der Waals surface area contributed by atoms with E-state index in [1.807, 2.05) is 0 Å². The highest BCUT2D eigenvalue weighted by Gasteiger charge is 2.34. The Morgan fingerprint density at radius 3 is 2.00 bits per heavy atom. The molecule has 0 saturated heterocycles. The van der Waals surface area contributed by atoms with Gasteiger partial charge in [-0.1, -0.05) is 0 Å². The predicted molar refractivity (Wildman–Crippen MR) is 26.9 cm³/mol. The van der Waals surface area contributed by atoms with Crippen LogP contribution in [0.5, 0.6) is 0 Å². The summed E-state index contributed by atoms with van der Waals surface area (Å²) in [6, 6.07) is 0. The Kier molecular flexibility index (Phi) is 2.67. The monoisotopic (exact) mass is 178 g/mol. The lowest BCUT2D eigenvalue weighted by Gasteiger charge is -2.09. The third kappa shape index (κ3) is 4.57. The van der Waals surface area contributed by atoms with E-state index in [1.54, 1.807) is 0 Å². The van der Waals surface area contributed by atoms with Crippen LogP contribution in [0.1, 0.15) is 0 Å². The Bertz CT molecular complexity index is 197. The molecule has 0 unspecified atom stereocenters. The van der Waals surface area contributed by atoms with Crippen LogP contribution in [0.15, 0.2) is 0 Å². The fraction of sp³-hybridized carbons (Fsp3) is 1.00. The molecule has 0 aromatic carbocycles. The lowest BCUT2D eigenvalue weighted by molar-refractivity contribution is -0.182. The average Bonchev–Trinajstić information content (AvgIpc) is 1.60. The van der Waals surface area contributed by atoms with E-state index < -0.39 is 22.9 Å². The molecule has 0 amide bonds. The van der Waals surface area contributed by atoms with Crippen LogP contribution in [0.3, 0.4) is 0 Å². The van der Waals surface area contributed by atoms with Crippen LogP contribution >= 0.6 is 0 Å². The zero-order chi connectivity index (χ0) is 8.41. The van der Waals surface area contributed by atoms with E-state index >= 15 is 0 Å². The van der Waals surface area contributed by atoms with E-state index in [-0.39, 0.29) is 0 Å². The van der Waals surface area contributed by atoms with Crippen molar-refractivity contribution in [2.45, 2.75) is 6.11 Å². The van der Waals surface area contributed by atoms with E-state index in [4.69, 9.17) is 0 Å². The van der Waals surface area contributed by atoms with Crippen molar-refractivity contribution in [3.05, 3.63) is 0 Å². The van der Waals surface area contributed by atoms with E-state index in [9.17, 15) is 21.6 Å². The van der Waals surface area contributed by atoms with Gasteiger partial charge in [-0.15, -0.1) is 0 Å². The molecule has 0 aromatic rings. The zero-order valence-corrected chi connectivity index (χ0v) is 5.79. The number of hydrogen-bond acceptors (Lipinski definition) is 3. The standard InChI is InChI=1S/C3H5F3O3S/c1-10(7,8)9-3(5,6)2-4/h2H2,1H3. The first-order valence-electron chi connectivity index (χ1n) is 2.11. The van der Waals surface area contributed by atoms with Gasteiger partial charge in [0.1, 0.15) is 0 Å². The van der Waals surface area contributed by atoms with Crippen molar-refractivity contribution in [3.63, 3.8) is 0 Å². The fourth-order valence-corrected chi connectivity index (χ4v) is 0.731. The molecule has 10 heavy (non-hydrogen) atoms. The second kappa shape index (κ2) is 2.75. The molecule has 0 radical (unpaired) electrons. The molecule has 0 heterocycles. The zero-order valence-electron chi connectivity index (χ0n) is 4.97. The third-order valence-electron chi connectivity index (χ3n) is 0.429. The van der Waals surface area contributed by atoms with E-state index in [2.05, 4.69) is 4.18 Å². The molecule has 0 atom stereocenters. The molecular formula is C3H5F3O3S. The maximum absolute atomic E-state index is 11.7. The summed E-state index contributed by atoms with van der Waals surface area (Å²) in [5.74, 6) is 0. The van der Waals surface area contributed by atoms with Gasteiger partial charge in [-0.2, -0.15) is 21.4 Å². The normalized spacial score (nSPS) is 13.6. The molecule has 62 valence electrons. The second-order valence-corrected chi connectivity index (χ2v) is 3.13. The Morgan fingerprint density at radius 2 is 1.90 bits per heavy atom. The summed E-state index contributed by atoms with van der Waals surface area (Å²) in [5.41, 5.74) is 0. The lowest BCUT2D eigenvalue weighted by Crippen LogP contribution is -2.26. The highest BCUT2D eigenvalue weighted by atomic mass is 32.2. The van der Waals surface area contributed by atoms with Crippen molar-refractivity contribution in [2.24, 2.45) is 0 Å².